The number of likely N-dealkylation sites (tertiary alicyclic amines) is 1. The topological polar surface area (TPSA) is 41.9 Å². The first kappa shape index (κ1) is 15.6. The smallest absolute Gasteiger partial charge is 0.174 e. The molecule has 4 nitrogen and oxygen atoms in total. The van der Waals surface area contributed by atoms with Gasteiger partial charge < -0.3 is 14.6 Å². The first-order valence-corrected chi connectivity index (χ1v) is 7.83. The first-order valence-electron chi connectivity index (χ1n) is 7.03. The molecule has 1 atom stereocenters. The summed E-state index contributed by atoms with van der Waals surface area (Å²) in [6.45, 7) is 4.67. The zero-order valence-corrected chi connectivity index (χ0v) is 13.6. The van der Waals surface area contributed by atoms with Crippen LogP contribution in [0.1, 0.15) is 25.3 Å². The number of ether oxygens (including phenoxy) is 2. The predicted octanol–water partition coefficient (Wildman–Crippen LogP) is 2.81. The average molecular weight is 344 g/mol. The maximum Gasteiger partial charge on any atom is 0.174 e. The Balaban J connectivity index is 2.19. The monoisotopic (exact) mass is 343 g/mol. The third kappa shape index (κ3) is 3.45. The van der Waals surface area contributed by atoms with Gasteiger partial charge >= 0.3 is 0 Å². The Bertz CT molecular complexity index is 453. The SMILES string of the molecule is CCOc1cc(CN2CCC[C@H]2CO)cc(Br)c1OC. The van der Waals surface area contributed by atoms with E-state index in [1.165, 1.54) is 5.56 Å². The van der Waals surface area contributed by atoms with Crippen molar-refractivity contribution in [2.45, 2.75) is 32.4 Å². The Morgan fingerprint density at radius 2 is 2.25 bits per heavy atom. The fourth-order valence-electron chi connectivity index (χ4n) is 2.72. The van der Waals surface area contributed by atoms with Crippen molar-refractivity contribution in [3.63, 3.8) is 0 Å². The second-order valence-electron chi connectivity index (χ2n) is 4.99. The highest BCUT2D eigenvalue weighted by atomic mass is 79.9. The summed E-state index contributed by atoms with van der Waals surface area (Å²) in [5.74, 6) is 1.50. The molecule has 112 valence electrons. The van der Waals surface area contributed by atoms with E-state index in [1.807, 2.05) is 13.0 Å². The lowest BCUT2D eigenvalue weighted by molar-refractivity contribution is 0.153. The molecule has 1 aliphatic heterocycles. The lowest BCUT2D eigenvalue weighted by atomic mass is 10.1. The van der Waals surface area contributed by atoms with Crippen molar-refractivity contribution < 1.29 is 14.6 Å². The average Bonchev–Trinajstić information content (AvgIpc) is 2.86. The largest absolute Gasteiger partial charge is 0.492 e. The second kappa shape index (κ2) is 7.29. The number of hydrogen-bond donors (Lipinski definition) is 1. The summed E-state index contributed by atoms with van der Waals surface area (Å²) in [7, 11) is 1.64. The molecule has 2 rings (SSSR count). The molecule has 0 amide bonds. The van der Waals surface area contributed by atoms with Crippen molar-refractivity contribution in [3.05, 3.63) is 22.2 Å². The molecule has 1 aromatic carbocycles. The molecule has 1 N–H and O–H groups in total. The van der Waals surface area contributed by atoms with Crippen LogP contribution in [0.25, 0.3) is 0 Å². The molecule has 1 aliphatic rings. The Labute approximate surface area is 128 Å². The van der Waals surface area contributed by atoms with Gasteiger partial charge in [-0.05, 0) is 59.9 Å². The minimum atomic E-state index is 0.232. The number of nitrogens with zero attached hydrogens (tertiary/aromatic N) is 1. The van der Waals surface area contributed by atoms with E-state index < -0.39 is 0 Å². The molecule has 1 aromatic rings. The molecule has 1 heterocycles. The van der Waals surface area contributed by atoms with Crippen LogP contribution in [-0.4, -0.2) is 42.9 Å². The molecule has 0 radical (unpaired) electrons. The predicted molar refractivity (Wildman–Crippen MR) is 82.4 cm³/mol. The lowest BCUT2D eigenvalue weighted by Crippen LogP contribution is -2.31. The fourth-order valence-corrected chi connectivity index (χ4v) is 3.37. The Hall–Kier alpha value is -0.780. The van der Waals surface area contributed by atoms with Crippen LogP contribution in [0.4, 0.5) is 0 Å². The highest BCUT2D eigenvalue weighted by molar-refractivity contribution is 9.10. The van der Waals surface area contributed by atoms with Crippen molar-refractivity contribution in [1.82, 2.24) is 4.90 Å². The molecule has 0 saturated carbocycles. The molecular formula is C15H22BrNO3. The van der Waals surface area contributed by atoms with Gasteiger partial charge in [-0.25, -0.2) is 0 Å². The van der Waals surface area contributed by atoms with Crippen LogP contribution in [0.5, 0.6) is 11.5 Å². The quantitative estimate of drug-likeness (QED) is 0.862. The highest BCUT2D eigenvalue weighted by Gasteiger charge is 2.24. The first-order chi connectivity index (χ1) is 9.69. The second-order valence-corrected chi connectivity index (χ2v) is 5.85. The zero-order valence-electron chi connectivity index (χ0n) is 12.1. The minimum absolute atomic E-state index is 0.232. The molecule has 0 unspecified atom stereocenters. The maximum absolute atomic E-state index is 9.39. The molecule has 5 heteroatoms. The van der Waals surface area contributed by atoms with Crippen molar-refractivity contribution in [2.24, 2.45) is 0 Å². The van der Waals surface area contributed by atoms with Gasteiger partial charge in [0.2, 0.25) is 0 Å². The number of rotatable bonds is 6. The Morgan fingerprint density at radius 1 is 1.45 bits per heavy atom. The van der Waals surface area contributed by atoms with Crippen LogP contribution in [0.3, 0.4) is 0 Å². The summed E-state index contributed by atoms with van der Waals surface area (Å²) in [6.07, 6.45) is 2.23. The van der Waals surface area contributed by atoms with Gasteiger partial charge in [-0.15, -0.1) is 0 Å². The van der Waals surface area contributed by atoms with E-state index in [4.69, 9.17) is 9.47 Å². The molecule has 0 spiro atoms. The van der Waals surface area contributed by atoms with E-state index in [1.54, 1.807) is 7.11 Å². The summed E-state index contributed by atoms with van der Waals surface area (Å²) in [5.41, 5.74) is 1.17. The third-order valence-electron chi connectivity index (χ3n) is 3.67. The highest BCUT2D eigenvalue weighted by Crippen LogP contribution is 2.37. The van der Waals surface area contributed by atoms with E-state index in [0.29, 0.717) is 6.61 Å². The summed E-state index contributed by atoms with van der Waals surface area (Å²) in [6, 6.07) is 4.37. The van der Waals surface area contributed by atoms with Crippen LogP contribution in [0.15, 0.2) is 16.6 Å². The van der Waals surface area contributed by atoms with Crippen LogP contribution in [0.2, 0.25) is 0 Å². The molecule has 1 fully saturated rings. The molecule has 0 aliphatic carbocycles. The van der Waals surface area contributed by atoms with Crippen molar-refractivity contribution in [3.8, 4) is 11.5 Å². The fraction of sp³-hybridized carbons (Fsp3) is 0.600. The Kier molecular flexibility index (Phi) is 5.69. The molecular weight excluding hydrogens is 322 g/mol. The molecule has 0 aromatic heterocycles. The normalized spacial score (nSPS) is 19.3. The van der Waals surface area contributed by atoms with E-state index in [9.17, 15) is 5.11 Å². The summed E-state index contributed by atoms with van der Waals surface area (Å²) < 4.78 is 11.9. The molecule has 0 bridgehead atoms. The van der Waals surface area contributed by atoms with Gasteiger partial charge in [-0.3, -0.25) is 4.90 Å². The number of benzene rings is 1. The number of hydrogen-bond acceptors (Lipinski definition) is 4. The number of methoxy groups -OCH3 is 1. The van der Waals surface area contributed by atoms with Gasteiger partial charge in [-0.2, -0.15) is 0 Å². The minimum Gasteiger partial charge on any atom is -0.492 e. The lowest BCUT2D eigenvalue weighted by Gasteiger charge is -2.23. The van der Waals surface area contributed by atoms with Crippen LogP contribution in [0, 0.1) is 0 Å². The van der Waals surface area contributed by atoms with Crippen LogP contribution < -0.4 is 9.47 Å². The number of aliphatic hydroxyl groups excluding tert-OH is 1. The maximum atomic E-state index is 9.39. The summed E-state index contributed by atoms with van der Waals surface area (Å²) in [5, 5.41) is 9.39. The van der Waals surface area contributed by atoms with E-state index in [-0.39, 0.29) is 12.6 Å². The van der Waals surface area contributed by atoms with Gasteiger partial charge in [-0.1, -0.05) is 0 Å². The summed E-state index contributed by atoms with van der Waals surface area (Å²) in [4.78, 5) is 2.32. The van der Waals surface area contributed by atoms with Gasteiger partial charge in [0.15, 0.2) is 11.5 Å². The van der Waals surface area contributed by atoms with Crippen LogP contribution >= 0.6 is 15.9 Å². The number of halogens is 1. The van der Waals surface area contributed by atoms with Crippen molar-refractivity contribution in [2.75, 3.05) is 26.9 Å². The third-order valence-corrected chi connectivity index (χ3v) is 4.26. The van der Waals surface area contributed by atoms with Gasteiger partial charge in [0.25, 0.3) is 0 Å². The van der Waals surface area contributed by atoms with Gasteiger partial charge in [0.1, 0.15) is 0 Å². The zero-order chi connectivity index (χ0) is 14.5. The van der Waals surface area contributed by atoms with Gasteiger partial charge in [0, 0.05) is 12.6 Å². The van der Waals surface area contributed by atoms with Crippen LogP contribution in [-0.2, 0) is 6.54 Å². The van der Waals surface area contributed by atoms with Gasteiger partial charge in [0.05, 0.1) is 24.8 Å². The number of aliphatic hydroxyl groups is 1. The van der Waals surface area contributed by atoms with E-state index in [2.05, 4.69) is 26.9 Å². The molecule has 1 saturated heterocycles. The van der Waals surface area contributed by atoms with Crippen molar-refractivity contribution in [1.29, 1.82) is 0 Å². The van der Waals surface area contributed by atoms with Crippen molar-refractivity contribution >= 4 is 15.9 Å². The molecule has 20 heavy (non-hydrogen) atoms. The van der Waals surface area contributed by atoms with E-state index >= 15 is 0 Å². The van der Waals surface area contributed by atoms with E-state index in [0.717, 1.165) is 41.9 Å². The summed E-state index contributed by atoms with van der Waals surface area (Å²) >= 11 is 3.54. The Morgan fingerprint density at radius 3 is 2.90 bits per heavy atom. The standard InChI is InChI=1S/C15H22BrNO3/c1-3-20-14-8-11(7-13(16)15(14)19-2)9-17-6-4-5-12(17)10-18/h7-8,12,18H,3-6,9-10H2,1-2H3/t12-/m0/s1.